The second-order valence-corrected chi connectivity index (χ2v) is 6.41. The molecule has 0 N–H and O–H groups in total. The molecule has 0 radical (unpaired) electrons. The lowest BCUT2D eigenvalue weighted by Gasteiger charge is -2.13. The lowest BCUT2D eigenvalue weighted by atomic mass is 10.2. The number of nitrogens with zero attached hydrogens (tertiary/aromatic N) is 1. The minimum absolute atomic E-state index is 0.0382. The molecule has 0 heterocycles. The summed E-state index contributed by atoms with van der Waals surface area (Å²) < 4.78 is 11.6. The standard InChI is InChI=1S/C20H33NO4/c1-3-5-7-9-11-15-24-19-14-13-18(21(22)23)17-20(19)25-16-12-10-8-6-4-2/h13-14,17H,3-12,15-16H2,1-2H3. The number of unbranched alkanes of at least 4 members (excludes halogenated alkanes) is 8. The molecule has 5 heteroatoms. The molecule has 0 bridgehead atoms. The first kappa shape index (κ1) is 21.3. The van der Waals surface area contributed by atoms with Crippen molar-refractivity contribution in [3.8, 4) is 11.5 Å². The summed E-state index contributed by atoms with van der Waals surface area (Å²) in [5.41, 5.74) is 0.0382. The van der Waals surface area contributed by atoms with Crippen LogP contribution in [0.4, 0.5) is 5.69 Å². The number of benzene rings is 1. The first-order valence-electron chi connectivity index (χ1n) is 9.73. The number of hydrogen-bond acceptors (Lipinski definition) is 4. The second-order valence-electron chi connectivity index (χ2n) is 6.41. The zero-order chi connectivity index (χ0) is 18.3. The third kappa shape index (κ3) is 9.32. The van der Waals surface area contributed by atoms with Crippen molar-refractivity contribution in [2.24, 2.45) is 0 Å². The van der Waals surface area contributed by atoms with E-state index in [1.807, 2.05) is 0 Å². The Morgan fingerprint density at radius 3 is 1.84 bits per heavy atom. The molecule has 25 heavy (non-hydrogen) atoms. The van der Waals surface area contributed by atoms with Crippen molar-refractivity contribution < 1.29 is 14.4 Å². The van der Waals surface area contributed by atoms with E-state index < -0.39 is 4.92 Å². The Balaban J connectivity index is 2.49. The summed E-state index contributed by atoms with van der Waals surface area (Å²) in [4.78, 5) is 10.6. The minimum atomic E-state index is -0.400. The fourth-order valence-corrected chi connectivity index (χ4v) is 2.62. The summed E-state index contributed by atoms with van der Waals surface area (Å²) in [7, 11) is 0. The number of hydrogen-bond donors (Lipinski definition) is 0. The van der Waals surface area contributed by atoms with Gasteiger partial charge < -0.3 is 9.47 Å². The maximum absolute atomic E-state index is 11.0. The van der Waals surface area contributed by atoms with Crippen LogP contribution in [-0.4, -0.2) is 18.1 Å². The molecular formula is C20H33NO4. The van der Waals surface area contributed by atoms with Crippen LogP contribution >= 0.6 is 0 Å². The number of nitro groups is 1. The molecule has 0 spiro atoms. The van der Waals surface area contributed by atoms with Crippen LogP contribution in [0.15, 0.2) is 18.2 Å². The molecule has 142 valence electrons. The quantitative estimate of drug-likeness (QED) is 0.211. The van der Waals surface area contributed by atoms with Gasteiger partial charge in [-0.1, -0.05) is 65.2 Å². The van der Waals surface area contributed by atoms with Gasteiger partial charge in [-0.3, -0.25) is 10.1 Å². The van der Waals surface area contributed by atoms with E-state index in [-0.39, 0.29) is 5.69 Å². The van der Waals surface area contributed by atoms with Gasteiger partial charge in [-0.15, -0.1) is 0 Å². The third-order valence-electron chi connectivity index (χ3n) is 4.15. The Labute approximate surface area is 151 Å². The topological polar surface area (TPSA) is 61.6 Å². The third-order valence-corrected chi connectivity index (χ3v) is 4.15. The van der Waals surface area contributed by atoms with E-state index in [2.05, 4.69) is 13.8 Å². The molecule has 1 aromatic carbocycles. The largest absolute Gasteiger partial charge is 0.490 e. The van der Waals surface area contributed by atoms with Crippen LogP contribution in [0.3, 0.4) is 0 Å². The molecule has 1 aromatic rings. The van der Waals surface area contributed by atoms with Crippen molar-refractivity contribution in [3.05, 3.63) is 28.3 Å². The number of non-ortho nitro benzene ring substituents is 1. The highest BCUT2D eigenvalue weighted by atomic mass is 16.6. The summed E-state index contributed by atoms with van der Waals surface area (Å²) >= 11 is 0. The van der Waals surface area contributed by atoms with Crippen LogP contribution in [0.2, 0.25) is 0 Å². The molecule has 0 fully saturated rings. The average Bonchev–Trinajstić information content (AvgIpc) is 2.61. The van der Waals surface area contributed by atoms with Gasteiger partial charge in [-0.25, -0.2) is 0 Å². The maximum atomic E-state index is 11.0. The second kappa shape index (κ2) is 13.5. The fourth-order valence-electron chi connectivity index (χ4n) is 2.62. The summed E-state index contributed by atoms with van der Waals surface area (Å²) in [6.07, 6.45) is 11.6. The first-order chi connectivity index (χ1) is 12.2. The zero-order valence-corrected chi connectivity index (χ0v) is 15.8. The van der Waals surface area contributed by atoms with Crippen LogP contribution in [-0.2, 0) is 0 Å². The van der Waals surface area contributed by atoms with Gasteiger partial charge in [0, 0.05) is 6.07 Å². The smallest absolute Gasteiger partial charge is 0.273 e. The predicted molar refractivity (Wildman–Crippen MR) is 102 cm³/mol. The average molecular weight is 351 g/mol. The van der Waals surface area contributed by atoms with Crippen molar-refractivity contribution in [1.29, 1.82) is 0 Å². The first-order valence-corrected chi connectivity index (χ1v) is 9.73. The van der Waals surface area contributed by atoms with Crippen molar-refractivity contribution in [2.75, 3.05) is 13.2 Å². The van der Waals surface area contributed by atoms with E-state index in [0.29, 0.717) is 24.7 Å². The molecule has 0 aromatic heterocycles. The summed E-state index contributed by atoms with van der Waals surface area (Å²) in [6.45, 7) is 5.57. The zero-order valence-electron chi connectivity index (χ0n) is 15.8. The highest BCUT2D eigenvalue weighted by Gasteiger charge is 2.13. The Morgan fingerprint density at radius 1 is 0.800 bits per heavy atom. The molecule has 1 rings (SSSR count). The lowest BCUT2D eigenvalue weighted by Crippen LogP contribution is -2.03. The summed E-state index contributed by atoms with van der Waals surface area (Å²) in [5, 5.41) is 11.0. The van der Waals surface area contributed by atoms with E-state index in [1.54, 1.807) is 6.07 Å². The van der Waals surface area contributed by atoms with E-state index in [9.17, 15) is 10.1 Å². The van der Waals surface area contributed by atoms with Crippen LogP contribution < -0.4 is 9.47 Å². The highest BCUT2D eigenvalue weighted by molar-refractivity contribution is 5.48. The SMILES string of the molecule is CCCCCCCOc1ccc([N+](=O)[O-])cc1OCCCCCCC. The van der Waals surface area contributed by atoms with Gasteiger partial charge in [0.15, 0.2) is 11.5 Å². The van der Waals surface area contributed by atoms with Crippen LogP contribution in [0, 0.1) is 10.1 Å². The molecule has 0 saturated carbocycles. The normalized spacial score (nSPS) is 10.6. The maximum Gasteiger partial charge on any atom is 0.273 e. The van der Waals surface area contributed by atoms with Crippen LogP contribution in [0.25, 0.3) is 0 Å². The van der Waals surface area contributed by atoms with E-state index in [1.165, 1.54) is 50.7 Å². The van der Waals surface area contributed by atoms with Gasteiger partial charge >= 0.3 is 0 Å². The molecule has 0 saturated heterocycles. The number of ether oxygens (including phenoxy) is 2. The molecule has 0 unspecified atom stereocenters. The van der Waals surface area contributed by atoms with Gasteiger partial charge in [0.1, 0.15) is 0 Å². The Bertz CT molecular complexity index is 491. The molecule has 0 amide bonds. The van der Waals surface area contributed by atoms with E-state index in [0.717, 1.165) is 25.7 Å². The predicted octanol–water partition coefficient (Wildman–Crippen LogP) is 6.29. The van der Waals surface area contributed by atoms with Gasteiger partial charge in [-0.05, 0) is 18.9 Å². The van der Waals surface area contributed by atoms with Crippen molar-refractivity contribution in [1.82, 2.24) is 0 Å². The Hall–Kier alpha value is -1.78. The van der Waals surface area contributed by atoms with E-state index in [4.69, 9.17) is 9.47 Å². The number of nitro benzene ring substituents is 1. The van der Waals surface area contributed by atoms with E-state index >= 15 is 0 Å². The fraction of sp³-hybridized carbons (Fsp3) is 0.700. The monoisotopic (exact) mass is 351 g/mol. The Kier molecular flexibility index (Phi) is 11.5. The molecule has 0 aliphatic heterocycles. The highest BCUT2D eigenvalue weighted by Crippen LogP contribution is 2.32. The summed E-state index contributed by atoms with van der Waals surface area (Å²) in [5.74, 6) is 1.09. The molecule has 0 aliphatic carbocycles. The van der Waals surface area contributed by atoms with Gasteiger partial charge in [-0.2, -0.15) is 0 Å². The molecule has 0 atom stereocenters. The van der Waals surface area contributed by atoms with Gasteiger partial charge in [0.2, 0.25) is 0 Å². The molecule has 5 nitrogen and oxygen atoms in total. The molecule has 0 aliphatic rings. The number of rotatable bonds is 15. The van der Waals surface area contributed by atoms with Crippen LogP contribution in [0.1, 0.15) is 78.1 Å². The van der Waals surface area contributed by atoms with Crippen molar-refractivity contribution >= 4 is 5.69 Å². The van der Waals surface area contributed by atoms with Crippen LogP contribution in [0.5, 0.6) is 11.5 Å². The van der Waals surface area contributed by atoms with Crippen molar-refractivity contribution in [2.45, 2.75) is 78.1 Å². The van der Waals surface area contributed by atoms with Crippen molar-refractivity contribution in [3.63, 3.8) is 0 Å². The minimum Gasteiger partial charge on any atom is -0.490 e. The van der Waals surface area contributed by atoms with Gasteiger partial charge in [0.25, 0.3) is 5.69 Å². The van der Waals surface area contributed by atoms with Gasteiger partial charge in [0.05, 0.1) is 24.2 Å². The molecular weight excluding hydrogens is 318 g/mol. The Morgan fingerprint density at radius 2 is 1.32 bits per heavy atom. The summed E-state index contributed by atoms with van der Waals surface area (Å²) in [6, 6.07) is 4.59. The lowest BCUT2D eigenvalue weighted by molar-refractivity contribution is -0.385.